The van der Waals surface area contributed by atoms with Gasteiger partial charge in [0.05, 0.1) is 19.2 Å². The van der Waals surface area contributed by atoms with E-state index < -0.39 is 0 Å². The fraction of sp³-hybridized carbons (Fsp3) is 0.333. The van der Waals surface area contributed by atoms with Gasteiger partial charge in [-0.05, 0) is 31.2 Å². The van der Waals surface area contributed by atoms with Crippen molar-refractivity contribution in [1.82, 2.24) is 5.32 Å². The number of benzene rings is 2. The first-order valence-electron chi connectivity index (χ1n) is 8.90. The zero-order valence-electron chi connectivity index (χ0n) is 15.5. The molecule has 142 valence electrons. The molecule has 2 aromatic carbocycles. The Bertz CT molecular complexity index is 833. The Kier molecular flexibility index (Phi) is 5.96. The Morgan fingerprint density at radius 3 is 2.70 bits per heavy atom. The average molecular weight is 369 g/mol. The SMILES string of the molecule is COc1ccc(C)cc1C(=O)CCC(=O)NCC1COc2ccccc2O1. The third-order valence-electron chi connectivity index (χ3n) is 4.33. The highest BCUT2D eigenvalue weighted by molar-refractivity contribution is 6.00. The van der Waals surface area contributed by atoms with Crippen LogP contribution >= 0.6 is 0 Å². The molecule has 2 aromatic rings. The molecule has 27 heavy (non-hydrogen) atoms. The molecule has 1 atom stereocenters. The van der Waals surface area contributed by atoms with Crippen molar-refractivity contribution >= 4 is 11.7 Å². The first kappa shape index (κ1) is 18.8. The first-order chi connectivity index (χ1) is 13.1. The molecule has 1 N–H and O–H groups in total. The van der Waals surface area contributed by atoms with Crippen LogP contribution in [0.25, 0.3) is 0 Å². The van der Waals surface area contributed by atoms with E-state index in [0.717, 1.165) is 5.56 Å². The van der Waals surface area contributed by atoms with Crippen molar-refractivity contribution in [2.24, 2.45) is 0 Å². The van der Waals surface area contributed by atoms with Crippen LogP contribution in [-0.4, -0.2) is 38.1 Å². The van der Waals surface area contributed by atoms with Gasteiger partial charge < -0.3 is 19.5 Å². The average Bonchev–Trinajstić information content (AvgIpc) is 2.70. The number of carbonyl (C=O) groups excluding carboxylic acids is 2. The van der Waals surface area contributed by atoms with Crippen LogP contribution < -0.4 is 19.5 Å². The molecular weight excluding hydrogens is 346 g/mol. The number of carbonyl (C=O) groups is 2. The maximum atomic E-state index is 12.4. The number of aryl methyl sites for hydroxylation is 1. The Morgan fingerprint density at radius 2 is 1.93 bits per heavy atom. The standard InChI is InChI=1S/C21H23NO5/c1-14-7-9-18(25-2)16(11-14)17(23)8-10-21(24)22-12-15-13-26-19-5-3-4-6-20(19)27-15/h3-7,9,11,15H,8,10,12-13H2,1-2H3,(H,22,24). The van der Waals surface area contributed by atoms with E-state index in [4.69, 9.17) is 14.2 Å². The van der Waals surface area contributed by atoms with E-state index in [1.54, 1.807) is 12.1 Å². The number of ether oxygens (including phenoxy) is 3. The maximum Gasteiger partial charge on any atom is 0.220 e. The molecule has 0 fully saturated rings. The predicted octanol–water partition coefficient (Wildman–Crippen LogP) is 2.92. The molecule has 0 spiro atoms. The van der Waals surface area contributed by atoms with Crippen molar-refractivity contribution in [2.75, 3.05) is 20.3 Å². The highest BCUT2D eigenvalue weighted by atomic mass is 16.6. The summed E-state index contributed by atoms with van der Waals surface area (Å²) in [4.78, 5) is 24.5. The monoisotopic (exact) mass is 369 g/mol. The van der Waals surface area contributed by atoms with Crippen LogP contribution in [0.5, 0.6) is 17.2 Å². The molecule has 1 aliphatic rings. The molecule has 0 aromatic heterocycles. The molecule has 6 nitrogen and oxygen atoms in total. The van der Waals surface area contributed by atoms with Crippen LogP contribution in [0.3, 0.4) is 0 Å². The van der Waals surface area contributed by atoms with E-state index in [2.05, 4.69) is 5.32 Å². The number of rotatable bonds is 7. The van der Waals surface area contributed by atoms with Crippen LogP contribution in [0.2, 0.25) is 0 Å². The first-order valence-corrected chi connectivity index (χ1v) is 8.90. The second-order valence-electron chi connectivity index (χ2n) is 6.43. The third kappa shape index (κ3) is 4.78. The number of amides is 1. The molecule has 1 unspecified atom stereocenters. The minimum atomic E-state index is -0.253. The number of hydrogen-bond donors (Lipinski definition) is 1. The fourth-order valence-electron chi connectivity index (χ4n) is 2.88. The van der Waals surface area contributed by atoms with Crippen molar-refractivity contribution in [2.45, 2.75) is 25.9 Å². The summed E-state index contributed by atoms with van der Waals surface area (Å²) in [6, 6.07) is 12.8. The van der Waals surface area contributed by atoms with Gasteiger partial charge in [-0.25, -0.2) is 0 Å². The van der Waals surface area contributed by atoms with Crippen LogP contribution in [0.4, 0.5) is 0 Å². The third-order valence-corrected chi connectivity index (χ3v) is 4.33. The summed E-state index contributed by atoms with van der Waals surface area (Å²) in [5.74, 6) is 1.59. The molecule has 0 saturated heterocycles. The van der Waals surface area contributed by atoms with Crippen LogP contribution in [0, 0.1) is 6.92 Å². The van der Waals surface area contributed by atoms with Crippen molar-refractivity contribution in [1.29, 1.82) is 0 Å². The fourth-order valence-corrected chi connectivity index (χ4v) is 2.88. The quantitative estimate of drug-likeness (QED) is 0.760. The predicted molar refractivity (Wildman–Crippen MR) is 101 cm³/mol. The van der Waals surface area contributed by atoms with Gasteiger partial charge >= 0.3 is 0 Å². The van der Waals surface area contributed by atoms with Crippen LogP contribution in [-0.2, 0) is 4.79 Å². The highest BCUT2D eigenvalue weighted by Crippen LogP contribution is 2.30. The molecule has 1 heterocycles. The lowest BCUT2D eigenvalue weighted by atomic mass is 10.0. The molecule has 0 saturated carbocycles. The number of fused-ring (bicyclic) bond motifs is 1. The second kappa shape index (κ2) is 8.58. The van der Waals surface area contributed by atoms with E-state index in [0.29, 0.717) is 36.0 Å². The summed E-state index contributed by atoms with van der Waals surface area (Å²) in [5, 5.41) is 2.80. The summed E-state index contributed by atoms with van der Waals surface area (Å²) in [6.45, 7) is 2.61. The molecular formula is C21H23NO5. The van der Waals surface area contributed by atoms with Gasteiger partial charge in [0.15, 0.2) is 17.3 Å². The lowest BCUT2D eigenvalue weighted by molar-refractivity contribution is -0.121. The molecule has 6 heteroatoms. The Labute approximate surface area is 158 Å². The Morgan fingerprint density at radius 1 is 1.15 bits per heavy atom. The minimum absolute atomic E-state index is 0.111. The normalized spacial score (nSPS) is 15.1. The van der Waals surface area contributed by atoms with Gasteiger partial charge in [-0.15, -0.1) is 0 Å². The molecule has 0 aliphatic carbocycles. The van der Waals surface area contributed by atoms with Gasteiger partial charge in [-0.1, -0.05) is 23.8 Å². The molecule has 1 aliphatic heterocycles. The number of para-hydroxylation sites is 2. The van der Waals surface area contributed by atoms with Crippen LogP contribution in [0.15, 0.2) is 42.5 Å². The zero-order valence-corrected chi connectivity index (χ0v) is 15.5. The van der Waals surface area contributed by atoms with Gasteiger partial charge in [0.25, 0.3) is 0 Å². The molecule has 1 amide bonds. The van der Waals surface area contributed by atoms with Gasteiger partial charge in [0.1, 0.15) is 18.5 Å². The van der Waals surface area contributed by atoms with Gasteiger partial charge in [-0.3, -0.25) is 9.59 Å². The lowest BCUT2D eigenvalue weighted by Gasteiger charge is -2.26. The highest BCUT2D eigenvalue weighted by Gasteiger charge is 2.21. The van der Waals surface area contributed by atoms with Gasteiger partial charge in [-0.2, -0.15) is 0 Å². The van der Waals surface area contributed by atoms with Gasteiger partial charge in [0.2, 0.25) is 5.91 Å². The minimum Gasteiger partial charge on any atom is -0.496 e. The summed E-state index contributed by atoms with van der Waals surface area (Å²) in [6.07, 6.45) is -0.0206. The van der Waals surface area contributed by atoms with E-state index >= 15 is 0 Å². The molecule has 0 bridgehead atoms. The van der Waals surface area contributed by atoms with Crippen molar-refractivity contribution in [3.8, 4) is 17.2 Å². The van der Waals surface area contributed by atoms with Gasteiger partial charge in [0, 0.05) is 12.8 Å². The lowest BCUT2D eigenvalue weighted by Crippen LogP contribution is -2.40. The number of methoxy groups -OCH3 is 1. The van der Waals surface area contributed by atoms with E-state index in [9.17, 15) is 9.59 Å². The number of nitrogens with one attached hydrogen (secondary N) is 1. The summed E-state index contributed by atoms with van der Waals surface area (Å²) in [5.41, 5.74) is 1.48. The smallest absolute Gasteiger partial charge is 0.220 e. The van der Waals surface area contributed by atoms with E-state index in [1.807, 2.05) is 37.3 Å². The van der Waals surface area contributed by atoms with E-state index in [-0.39, 0.29) is 30.6 Å². The molecule has 0 radical (unpaired) electrons. The Hall–Kier alpha value is -3.02. The second-order valence-corrected chi connectivity index (χ2v) is 6.43. The topological polar surface area (TPSA) is 73.9 Å². The maximum absolute atomic E-state index is 12.4. The number of Topliss-reactive ketones (excluding diaryl/α,β-unsaturated/α-hetero) is 1. The molecule has 3 rings (SSSR count). The largest absolute Gasteiger partial charge is 0.496 e. The van der Waals surface area contributed by atoms with Crippen molar-refractivity contribution in [3.05, 3.63) is 53.6 Å². The number of hydrogen-bond acceptors (Lipinski definition) is 5. The summed E-state index contributed by atoms with van der Waals surface area (Å²) >= 11 is 0. The van der Waals surface area contributed by atoms with Crippen LogP contribution in [0.1, 0.15) is 28.8 Å². The summed E-state index contributed by atoms with van der Waals surface area (Å²) < 4.78 is 16.6. The number of ketones is 1. The summed E-state index contributed by atoms with van der Waals surface area (Å²) in [7, 11) is 1.53. The van der Waals surface area contributed by atoms with Crippen molar-refractivity contribution < 1.29 is 23.8 Å². The zero-order chi connectivity index (χ0) is 19.2. The van der Waals surface area contributed by atoms with E-state index in [1.165, 1.54) is 7.11 Å². The van der Waals surface area contributed by atoms with Crippen molar-refractivity contribution in [3.63, 3.8) is 0 Å². The Balaban J connectivity index is 1.46.